The first-order valence-corrected chi connectivity index (χ1v) is 7.50. The van der Waals surface area contributed by atoms with Gasteiger partial charge in [-0.1, -0.05) is 6.42 Å². The van der Waals surface area contributed by atoms with Crippen molar-refractivity contribution in [1.82, 2.24) is 4.31 Å². The molecule has 0 aromatic rings. The van der Waals surface area contributed by atoms with E-state index in [0.717, 1.165) is 19.3 Å². The first-order valence-electron chi connectivity index (χ1n) is 5.89. The molecule has 1 rings (SSSR count). The smallest absolute Gasteiger partial charge is 0.216 e. The Hall–Kier alpha value is -0.170. The third kappa shape index (κ3) is 3.69. The second-order valence-corrected chi connectivity index (χ2v) is 6.04. The monoisotopic (exact) mass is 250 g/mol. The molecule has 16 heavy (non-hydrogen) atoms. The number of sulfonamides is 1. The summed E-state index contributed by atoms with van der Waals surface area (Å²) in [6.45, 7) is 3.49. The maximum absolute atomic E-state index is 12.0. The summed E-state index contributed by atoms with van der Waals surface area (Å²) >= 11 is 0. The first kappa shape index (κ1) is 13.9. The minimum Gasteiger partial charge on any atom is -0.381 e. The van der Waals surface area contributed by atoms with Crippen LogP contribution in [0.1, 0.15) is 26.2 Å². The van der Waals surface area contributed by atoms with E-state index in [1.165, 1.54) is 0 Å². The van der Waals surface area contributed by atoms with Crippen LogP contribution in [-0.2, 0) is 14.8 Å². The lowest BCUT2D eigenvalue weighted by Gasteiger charge is -2.36. The molecule has 2 N–H and O–H groups in total. The topological polar surface area (TPSA) is 72.6 Å². The molecule has 0 bridgehead atoms. The molecule has 5 nitrogen and oxygen atoms in total. The van der Waals surface area contributed by atoms with Crippen molar-refractivity contribution < 1.29 is 13.2 Å². The fourth-order valence-electron chi connectivity index (χ4n) is 1.78. The molecule has 0 aromatic carbocycles. The van der Waals surface area contributed by atoms with Crippen molar-refractivity contribution in [3.05, 3.63) is 0 Å². The molecule has 0 amide bonds. The summed E-state index contributed by atoms with van der Waals surface area (Å²) in [5.74, 6) is 0.0668. The molecule has 0 heterocycles. The molecular weight excluding hydrogens is 228 g/mol. The van der Waals surface area contributed by atoms with Gasteiger partial charge in [-0.2, -0.15) is 4.31 Å². The van der Waals surface area contributed by atoms with Gasteiger partial charge >= 0.3 is 0 Å². The van der Waals surface area contributed by atoms with Gasteiger partial charge in [-0.05, 0) is 19.8 Å². The molecule has 1 aliphatic rings. The zero-order valence-electron chi connectivity index (χ0n) is 9.89. The van der Waals surface area contributed by atoms with Crippen LogP contribution in [0.25, 0.3) is 0 Å². The average molecular weight is 250 g/mol. The first-order chi connectivity index (χ1) is 7.61. The highest BCUT2D eigenvalue weighted by molar-refractivity contribution is 7.89. The Morgan fingerprint density at radius 2 is 2.12 bits per heavy atom. The van der Waals surface area contributed by atoms with Crippen LogP contribution in [0.3, 0.4) is 0 Å². The van der Waals surface area contributed by atoms with Gasteiger partial charge in [-0.15, -0.1) is 0 Å². The Labute approximate surface area is 98.0 Å². The summed E-state index contributed by atoms with van der Waals surface area (Å²) in [6.07, 6.45) is 3.05. The van der Waals surface area contributed by atoms with Gasteiger partial charge in [0.2, 0.25) is 10.0 Å². The number of hydrogen-bond donors (Lipinski definition) is 1. The fraction of sp³-hybridized carbons (Fsp3) is 1.00. The Balaban J connectivity index is 2.53. The summed E-state index contributed by atoms with van der Waals surface area (Å²) in [4.78, 5) is 0. The van der Waals surface area contributed by atoms with E-state index in [0.29, 0.717) is 19.7 Å². The van der Waals surface area contributed by atoms with E-state index in [-0.39, 0.29) is 18.4 Å². The van der Waals surface area contributed by atoms with Crippen LogP contribution in [-0.4, -0.2) is 50.8 Å². The molecule has 1 aliphatic carbocycles. The van der Waals surface area contributed by atoms with Gasteiger partial charge in [-0.3, -0.25) is 0 Å². The standard InChI is InChI=1S/C10H22N2O3S/c1-2-15-8-9-16(13,14)12(7-6-11)10-4-3-5-10/h10H,2-9,11H2,1H3. The Kier molecular flexibility index (Phi) is 5.68. The van der Waals surface area contributed by atoms with Crippen LogP contribution in [0.15, 0.2) is 0 Å². The molecule has 0 unspecified atom stereocenters. The molecule has 1 fully saturated rings. The fourth-order valence-corrected chi connectivity index (χ4v) is 3.39. The lowest BCUT2D eigenvalue weighted by Crippen LogP contribution is -2.47. The Morgan fingerprint density at radius 3 is 2.56 bits per heavy atom. The van der Waals surface area contributed by atoms with E-state index >= 15 is 0 Å². The minimum atomic E-state index is -3.19. The van der Waals surface area contributed by atoms with Gasteiger partial charge in [0.1, 0.15) is 0 Å². The molecule has 0 saturated heterocycles. The third-order valence-corrected chi connectivity index (χ3v) is 4.76. The van der Waals surface area contributed by atoms with Crippen LogP contribution < -0.4 is 5.73 Å². The van der Waals surface area contributed by atoms with Gasteiger partial charge in [-0.25, -0.2) is 8.42 Å². The highest BCUT2D eigenvalue weighted by atomic mass is 32.2. The highest BCUT2D eigenvalue weighted by Crippen LogP contribution is 2.26. The van der Waals surface area contributed by atoms with Gasteiger partial charge < -0.3 is 10.5 Å². The molecule has 0 atom stereocenters. The van der Waals surface area contributed by atoms with E-state index in [1.807, 2.05) is 6.92 Å². The summed E-state index contributed by atoms with van der Waals surface area (Å²) in [7, 11) is -3.19. The maximum Gasteiger partial charge on any atom is 0.216 e. The summed E-state index contributed by atoms with van der Waals surface area (Å²) in [5, 5.41) is 0. The molecule has 96 valence electrons. The predicted molar refractivity (Wildman–Crippen MR) is 63.7 cm³/mol. The summed E-state index contributed by atoms with van der Waals surface area (Å²) in [6, 6.07) is 0.176. The van der Waals surface area contributed by atoms with Crippen LogP contribution in [0.4, 0.5) is 0 Å². The van der Waals surface area contributed by atoms with Crippen molar-refractivity contribution >= 4 is 10.0 Å². The lowest BCUT2D eigenvalue weighted by atomic mass is 9.93. The molecular formula is C10H22N2O3S. The number of nitrogens with zero attached hydrogens (tertiary/aromatic N) is 1. The lowest BCUT2D eigenvalue weighted by molar-refractivity contribution is 0.160. The van der Waals surface area contributed by atoms with E-state index in [1.54, 1.807) is 4.31 Å². The second-order valence-electron chi connectivity index (χ2n) is 4.00. The highest BCUT2D eigenvalue weighted by Gasteiger charge is 2.32. The Bertz CT molecular complexity index is 288. The van der Waals surface area contributed by atoms with E-state index in [2.05, 4.69) is 0 Å². The van der Waals surface area contributed by atoms with E-state index in [4.69, 9.17) is 10.5 Å². The van der Waals surface area contributed by atoms with Gasteiger partial charge in [0.25, 0.3) is 0 Å². The van der Waals surface area contributed by atoms with Crippen molar-refractivity contribution in [2.45, 2.75) is 32.2 Å². The number of nitrogens with two attached hydrogens (primary N) is 1. The molecule has 1 saturated carbocycles. The normalized spacial score (nSPS) is 17.7. The molecule has 0 aromatic heterocycles. The van der Waals surface area contributed by atoms with Gasteiger partial charge in [0.15, 0.2) is 0 Å². The number of ether oxygens (including phenoxy) is 1. The summed E-state index contributed by atoms with van der Waals surface area (Å²) < 4.78 is 30.7. The van der Waals surface area contributed by atoms with Crippen LogP contribution >= 0.6 is 0 Å². The predicted octanol–water partition coefficient (Wildman–Crippen LogP) is 0.166. The number of hydrogen-bond acceptors (Lipinski definition) is 4. The van der Waals surface area contributed by atoms with Gasteiger partial charge in [0.05, 0.1) is 12.4 Å². The molecule has 0 spiro atoms. The van der Waals surface area contributed by atoms with Crippen molar-refractivity contribution in [2.24, 2.45) is 5.73 Å². The van der Waals surface area contributed by atoms with Crippen LogP contribution in [0.5, 0.6) is 0 Å². The quantitative estimate of drug-likeness (QED) is 0.623. The van der Waals surface area contributed by atoms with Gasteiger partial charge in [0, 0.05) is 25.7 Å². The summed E-state index contributed by atoms with van der Waals surface area (Å²) in [5.41, 5.74) is 5.46. The maximum atomic E-state index is 12.0. The van der Waals surface area contributed by atoms with Crippen molar-refractivity contribution in [3.8, 4) is 0 Å². The second kappa shape index (κ2) is 6.54. The van der Waals surface area contributed by atoms with Crippen molar-refractivity contribution in [3.63, 3.8) is 0 Å². The molecule has 6 heteroatoms. The van der Waals surface area contributed by atoms with Crippen LogP contribution in [0.2, 0.25) is 0 Å². The zero-order chi connectivity index (χ0) is 12.0. The molecule has 0 aliphatic heterocycles. The zero-order valence-corrected chi connectivity index (χ0v) is 10.7. The largest absolute Gasteiger partial charge is 0.381 e. The SMILES string of the molecule is CCOCCS(=O)(=O)N(CCN)C1CCC1. The molecule has 0 radical (unpaired) electrons. The number of rotatable bonds is 8. The van der Waals surface area contributed by atoms with Crippen molar-refractivity contribution in [1.29, 1.82) is 0 Å². The minimum absolute atomic E-state index is 0.0668. The van der Waals surface area contributed by atoms with E-state index < -0.39 is 10.0 Å². The average Bonchev–Trinajstić information content (AvgIpc) is 2.14. The third-order valence-electron chi connectivity index (χ3n) is 2.88. The van der Waals surface area contributed by atoms with Crippen LogP contribution in [0, 0.1) is 0 Å². The van der Waals surface area contributed by atoms with Crippen molar-refractivity contribution in [2.75, 3.05) is 32.1 Å². The van der Waals surface area contributed by atoms with E-state index in [9.17, 15) is 8.42 Å². The Morgan fingerprint density at radius 1 is 1.44 bits per heavy atom.